The number of rotatable bonds is 5. The summed E-state index contributed by atoms with van der Waals surface area (Å²) in [5.41, 5.74) is -0.244. The monoisotopic (exact) mass is 391 g/mol. The minimum Gasteiger partial charge on any atom is -0.477 e. The van der Waals surface area contributed by atoms with Crippen LogP contribution in [0.15, 0.2) is 30.3 Å². The van der Waals surface area contributed by atoms with Crippen LogP contribution in [-0.4, -0.2) is 58.7 Å². The maximum absolute atomic E-state index is 12.7. The summed E-state index contributed by atoms with van der Waals surface area (Å²) in [4.78, 5) is 26.9. The molecule has 1 saturated heterocycles. The lowest BCUT2D eigenvalue weighted by atomic mass is 10.1. The van der Waals surface area contributed by atoms with Crippen molar-refractivity contribution >= 4 is 29.0 Å². The number of benzene rings is 1. The van der Waals surface area contributed by atoms with Crippen molar-refractivity contribution in [3.8, 4) is 5.88 Å². The number of anilines is 1. The molecular formula is C17H18ClN5O4. The minimum absolute atomic E-state index is 0.00167. The molecule has 0 unspecified atom stereocenters. The highest BCUT2D eigenvalue weighted by Gasteiger charge is 2.28. The number of nitro benzene ring substituents is 1. The standard InChI is InChI=1S/C17H18ClN5O4/c1-2-27-16-6-5-15(19-20-16)21-7-9-22(10-8-21)17(24)13-11-12(18)3-4-14(13)23(25)26/h3-6,11H,2,7-10H2,1H3. The number of hydrogen-bond acceptors (Lipinski definition) is 7. The molecule has 2 heterocycles. The van der Waals surface area contributed by atoms with Crippen molar-refractivity contribution in [3.05, 3.63) is 51.0 Å². The molecular weight excluding hydrogens is 374 g/mol. The quantitative estimate of drug-likeness (QED) is 0.569. The number of carbonyl (C=O) groups is 1. The van der Waals surface area contributed by atoms with E-state index in [2.05, 4.69) is 10.2 Å². The van der Waals surface area contributed by atoms with Crippen LogP contribution in [0.5, 0.6) is 5.88 Å². The number of nitro groups is 1. The molecule has 1 amide bonds. The molecule has 3 rings (SSSR count). The summed E-state index contributed by atoms with van der Waals surface area (Å²) >= 11 is 5.92. The first-order valence-corrected chi connectivity index (χ1v) is 8.82. The first-order chi connectivity index (χ1) is 13.0. The maximum Gasteiger partial charge on any atom is 0.282 e. The van der Waals surface area contributed by atoms with Crippen molar-refractivity contribution in [1.82, 2.24) is 15.1 Å². The molecule has 142 valence electrons. The molecule has 0 saturated carbocycles. The Morgan fingerprint density at radius 1 is 1.22 bits per heavy atom. The molecule has 9 nitrogen and oxygen atoms in total. The number of halogens is 1. The van der Waals surface area contributed by atoms with Crippen LogP contribution in [-0.2, 0) is 0 Å². The molecule has 1 fully saturated rings. The number of nitrogens with zero attached hydrogens (tertiary/aromatic N) is 5. The Hall–Kier alpha value is -2.94. The predicted octanol–water partition coefficient (Wildman–Crippen LogP) is 2.40. The molecule has 27 heavy (non-hydrogen) atoms. The van der Waals surface area contributed by atoms with Crippen LogP contribution < -0.4 is 9.64 Å². The van der Waals surface area contributed by atoms with Crippen molar-refractivity contribution < 1.29 is 14.5 Å². The summed E-state index contributed by atoms with van der Waals surface area (Å²) in [5, 5.41) is 19.6. The van der Waals surface area contributed by atoms with Gasteiger partial charge in [-0.25, -0.2) is 0 Å². The number of hydrogen-bond donors (Lipinski definition) is 0. The van der Waals surface area contributed by atoms with Gasteiger partial charge in [-0.2, -0.15) is 0 Å². The summed E-state index contributed by atoms with van der Waals surface area (Å²) in [6.45, 7) is 4.31. The first-order valence-electron chi connectivity index (χ1n) is 8.44. The number of amides is 1. The van der Waals surface area contributed by atoms with E-state index in [9.17, 15) is 14.9 Å². The van der Waals surface area contributed by atoms with Crippen molar-refractivity contribution in [2.24, 2.45) is 0 Å². The van der Waals surface area contributed by atoms with Crippen LogP contribution in [0, 0.1) is 10.1 Å². The fraction of sp³-hybridized carbons (Fsp3) is 0.353. The second-order valence-corrected chi connectivity index (χ2v) is 6.30. The average molecular weight is 392 g/mol. The number of aromatic nitrogens is 2. The first kappa shape index (κ1) is 18.8. The Kier molecular flexibility index (Phi) is 5.70. The van der Waals surface area contributed by atoms with Gasteiger partial charge in [0.2, 0.25) is 5.88 Å². The molecule has 0 atom stereocenters. The molecule has 1 aromatic carbocycles. The lowest BCUT2D eigenvalue weighted by Crippen LogP contribution is -2.49. The number of piperazine rings is 1. The molecule has 0 spiro atoms. The molecule has 1 aliphatic heterocycles. The van der Waals surface area contributed by atoms with Crippen molar-refractivity contribution in [2.45, 2.75) is 6.92 Å². The molecule has 0 aliphatic carbocycles. The van der Waals surface area contributed by atoms with Crippen molar-refractivity contribution in [3.63, 3.8) is 0 Å². The summed E-state index contributed by atoms with van der Waals surface area (Å²) in [6.07, 6.45) is 0. The molecule has 10 heteroatoms. The zero-order valence-electron chi connectivity index (χ0n) is 14.7. The molecule has 0 bridgehead atoms. The summed E-state index contributed by atoms with van der Waals surface area (Å²) in [5.74, 6) is 0.754. The third-order valence-electron chi connectivity index (χ3n) is 4.19. The van der Waals surface area contributed by atoms with E-state index in [-0.39, 0.29) is 16.3 Å². The van der Waals surface area contributed by atoms with E-state index >= 15 is 0 Å². The van der Waals surface area contributed by atoms with Crippen molar-refractivity contribution in [2.75, 3.05) is 37.7 Å². The van der Waals surface area contributed by atoms with E-state index < -0.39 is 10.8 Å². The fourth-order valence-corrected chi connectivity index (χ4v) is 3.03. The van der Waals surface area contributed by atoms with E-state index in [1.807, 2.05) is 17.9 Å². The highest BCUT2D eigenvalue weighted by Crippen LogP contribution is 2.25. The Morgan fingerprint density at radius 3 is 2.56 bits per heavy atom. The van der Waals surface area contributed by atoms with Crippen LogP contribution >= 0.6 is 11.6 Å². The van der Waals surface area contributed by atoms with Gasteiger partial charge in [-0.3, -0.25) is 14.9 Å². The summed E-state index contributed by atoms with van der Waals surface area (Å²) in [7, 11) is 0. The van der Waals surface area contributed by atoms with Gasteiger partial charge in [-0.05, 0) is 25.1 Å². The summed E-state index contributed by atoms with van der Waals surface area (Å²) in [6, 6.07) is 7.56. The van der Waals surface area contributed by atoms with Gasteiger partial charge in [0.1, 0.15) is 5.56 Å². The van der Waals surface area contributed by atoms with Gasteiger partial charge >= 0.3 is 0 Å². The Balaban J connectivity index is 1.68. The van der Waals surface area contributed by atoms with E-state index in [1.165, 1.54) is 18.2 Å². The largest absolute Gasteiger partial charge is 0.477 e. The van der Waals surface area contributed by atoms with Gasteiger partial charge in [0.15, 0.2) is 5.82 Å². The Bertz CT molecular complexity index is 838. The smallest absolute Gasteiger partial charge is 0.282 e. The third kappa shape index (κ3) is 4.25. The van der Waals surface area contributed by atoms with E-state index in [0.717, 1.165) is 0 Å². The zero-order valence-corrected chi connectivity index (χ0v) is 15.4. The lowest BCUT2D eigenvalue weighted by molar-refractivity contribution is -0.385. The molecule has 0 N–H and O–H groups in total. The van der Waals surface area contributed by atoms with Gasteiger partial charge in [-0.15, -0.1) is 10.2 Å². The minimum atomic E-state index is -0.574. The molecule has 1 aromatic heterocycles. The second kappa shape index (κ2) is 8.17. The average Bonchev–Trinajstić information content (AvgIpc) is 2.68. The van der Waals surface area contributed by atoms with Crippen molar-refractivity contribution in [1.29, 1.82) is 0 Å². The fourth-order valence-electron chi connectivity index (χ4n) is 2.85. The van der Waals surface area contributed by atoms with Crippen LogP contribution in [0.25, 0.3) is 0 Å². The maximum atomic E-state index is 12.7. The van der Waals surface area contributed by atoms with E-state index in [0.29, 0.717) is 44.5 Å². The van der Waals surface area contributed by atoms with Gasteiger partial charge in [-0.1, -0.05) is 11.6 Å². The van der Waals surface area contributed by atoms with Crippen LogP contribution in [0.1, 0.15) is 17.3 Å². The second-order valence-electron chi connectivity index (χ2n) is 5.86. The van der Waals surface area contributed by atoms with Gasteiger partial charge < -0.3 is 14.5 Å². The molecule has 1 aliphatic rings. The lowest BCUT2D eigenvalue weighted by Gasteiger charge is -2.35. The molecule has 2 aromatic rings. The third-order valence-corrected chi connectivity index (χ3v) is 4.43. The van der Waals surface area contributed by atoms with Crippen LogP contribution in [0.4, 0.5) is 11.5 Å². The van der Waals surface area contributed by atoms with Gasteiger partial charge in [0, 0.05) is 43.3 Å². The highest BCUT2D eigenvalue weighted by atomic mass is 35.5. The SMILES string of the molecule is CCOc1ccc(N2CCN(C(=O)c3cc(Cl)ccc3[N+](=O)[O-])CC2)nn1. The number of carbonyl (C=O) groups excluding carboxylic acids is 1. The van der Waals surface area contributed by atoms with E-state index in [4.69, 9.17) is 16.3 Å². The Labute approximate surface area is 160 Å². The topological polar surface area (TPSA) is 102 Å². The van der Waals surface area contributed by atoms with Crippen LogP contribution in [0.3, 0.4) is 0 Å². The highest BCUT2D eigenvalue weighted by molar-refractivity contribution is 6.31. The molecule has 0 radical (unpaired) electrons. The summed E-state index contributed by atoms with van der Waals surface area (Å²) < 4.78 is 5.28. The van der Waals surface area contributed by atoms with Gasteiger partial charge in [0.05, 0.1) is 11.5 Å². The Morgan fingerprint density at radius 2 is 1.96 bits per heavy atom. The zero-order chi connectivity index (χ0) is 19.4. The predicted molar refractivity (Wildman–Crippen MR) is 99.4 cm³/mol. The number of ether oxygens (including phenoxy) is 1. The van der Waals surface area contributed by atoms with Gasteiger partial charge in [0.25, 0.3) is 11.6 Å². The normalized spacial score (nSPS) is 14.1. The van der Waals surface area contributed by atoms with E-state index in [1.54, 1.807) is 11.0 Å². The van der Waals surface area contributed by atoms with Crippen LogP contribution in [0.2, 0.25) is 5.02 Å².